The summed E-state index contributed by atoms with van der Waals surface area (Å²) >= 11 is 2.17. The van der Waals surface area contributed by atoms with Crippen LogP contribution < -0.4 is 4.72 Å². The van der Waals surface area contributed by atoms with Gasteiger partial charge in [0.15, 0.2) is 0 Å². The van der Waals surface area contributed by atoms with Gasteiger partial charge in [-0.1, -0.05) is 13.8 Å². The summed E-state index contributed by atoms with van der Waals surface area (Å²) in [5.41, 5.74) is -0.396. The Balaban J connectivity index is 1.85. The topological polar surface area (TPSA) is 63.2 Å². The summed E-state index contributed by atoms with van der Waals surface area (Å²) in [6.07, 6.45) is 2.18. The Hall–Kier alpha value is -0.630. The minimum Gasteiger partial charge on any atom is -0.299 e. The van der Waals surface area contributed by atoms with Gasteiger partial charge in [0.2, 0.25) is 10.0 Å². The quantitative estimate of drug-likeness (QED) is 0.741. The van der Waals surface area contributed by atoms with E-state index in [9.17, 15) is 13.2 Å². The summed E-state index contributed by atoms with van der Waals surface area (Å²) in [6.45, 7) is 4.10. The standard InChI is InChI=1S/C16H20INO3S/c1-15(2)11-7-8-16(15,14(19)9-11)10-22(20,21)18-13-5-3-12(17)4-6-13/h3-6,11,18H,7-10H2,1-2H3/t11-,16+/m0/s1. The molecule has 0 saturated heterocycles. The predicted octanol–water partition coefficient (Wildman–Crippen LogP) is 3.43. The normalized spacial score (nSPS) is 29.8. The fourth-order valence-corrected chi connectivity index (χ4v) is 6.42. The molecule has 0 spiro atoms. The molecule has 0 heterocycles. The molecule has 2 fully saturated rings. The molecule has 2 bridgehead atoms. The number of nitrogens with one attached hydrogen (secondary N) is 1. The van der Waals surface area contributed by atoms with Crippen LogP contribution in [-0.4, -0.2) is 20.0 Å². The third-order valence-corrected chi connectivity index (χ3v) is 7.83. The lowest BCUT2D eigenvalue weighted by atomic mass is 9.70. The van der Waals surface area contributed by atoms with E-state index in [0.29, 0.717) is 24.4 Å². The highest BCUT2D eigenvalue weighted by Gasteiger charge is 2.65. The molecule has 2 aliphatic carbocycles. The van der Waals surface area contributed by atoms with Crippen LogP contribution >= 0.6 is 22.6 Å². The van der Waals surface area contributed by atoms with Crippen molar-refractivity contribution in [2.24, 2.45) is 16.7 Å². The molecule has 2 aliphatic rings. The first-order valence-corrected chi connectivity index (χ1v) is 10.2. The van der Waals surface area contributed by atoms with Crippen LogP contribution in [-0.2, 0) is 14.8 Å². The van der Waals surface area contributed by atoms with Crippen LogP contribution in [0, 0.1) is 20.3 Å². The largest absolute Gasteiger partial charge is 0.299 e. The first-order valence-electron chi connectivity index (χ1n) is 7.46. The number of Topliss-reactive ketones (excluding diaryl/α,β-unsaturated/α-hetero) is 1. The van der Waals surface area contributed by atoms with Gasteiger partial charge in [0.05, 0.1) is 11.2 Å². The molecular formula is C16H20INO3S. The highest BCUT2D eigenvalue weighted by atomic mass is 127. The van der Waals surface area contributed by atoms with Gasteiger partial charge in [-0.15, -0.1) is 0 Å². The third-order valence-electron chi connectivity index (χ3n) is 5.69. The molecule has 1 aromatic carbocycles. The van der Waals surface area contributed by atoms with Crippen molar-refractivity contribution < 1.29 is 13.2 Å². The summed E-state index contributed by atoms with van der Waals surface area (Å²) in [5.74, 6) is 0.351. The van der Waals surface area contributed by atoms with Gasteiger partial charge >= 0.3 is 0 Å². The van der Waals surface area contributed by atoms with E-state index in [2.05, 4.69) is 41.2 Å². The molecule has 3 rings (SSSR count). The van der Waals surface area contributed by atoms with Crippen LogP contribution in [0.3, 0.4) is 0 Å². The molecular weight excluding hydrogens is 413 g/mol. The fraction of sp³-hybridized carbons (Fsp3) is 0.562. The third kappa shape index (κ3) is 2.48. The number of hydrogen-bond acceptors (Lipinski definition) is 3. The lowest BCUT2D eigenvalue weighted by molar-refractivity contribution is -0.128. The molecule has 2 saturated carbocycles. The summed E-state index contributed by atoms with van der Waals surface area (Å²) in [5, 5.41) is 0. The zero-order chi connectivity index (χ0) is 16.2. The van der Waals surface area contributed by atoms with Gasteiger partial charge in [-0.2, -0.15) is 0 Å². The average Bonchev–Trinajstić information content (AvgIpc) is 2.74. The molecule has 0 aromatic heterocycles. The second-order valence-corrected chi connectivity index (χ2v) is 10.0. The number of carbonyl (C=O) groups excluding carboxylic acids is 1. The van der Waals surface area contributed by atoms with Gasteiger partial charge in [-0.3, -0.25) is 9.52 Å². The number of ketones is 1. The number of halogens is 1. The Labute approximate surface area is 145 Å². The van der Waals surface area contributed by atoms with Crippen LogP contribution in [0.25, 0.3) is 0 Å². The van der Waals surface area contributed by atoms with Crippen molar-refractivity contribution in [3.05, 3.63) is 27.8 Å². The Morgan fingerprint density at radius 3 is 2.41 bits per heavy atom. The van der Waals surface area contributed by atoms with Gasteiger partial charge in [0.25, 0.3) is 0 Å². The molecule has 0 aliphatic heterocycles. The van der Waals surface area contributed by atoms with E-state index in [4.69, 9.17) is 0 Å². The van der Waals surface area contributed by atoms with E-state index in [1.165, 1.54) is 0 Å². The smallest absolute Gasteiger partial charge is 0.233 e. The van der Waals surface area contributed by atoms with Crippen molar-refractivity contribution >= 4 is 44.1 Å². The monoisotopic (exact) mass is 433 g/mol. The molecule has 0 amide bonds. The molecule has 120 valence electrons. The number of rotatable bonds is 4. The first-order chi connectivity index (χ1) is 10.2. The summed E-state index contributed by atoms with van der Waals surface area (Å²) in [6, 6.07) is 7.20. The van der Waals surface area contributed by atoms with Crippen LogP contribution in [0.15, 0.2) is 24.3 Å². The van der Waals surface area contributed by atoms with Gasteiger partial charge < -0.3 is 0 Å². The molecule has 6 heteroatoms. The van der Waals surface area contributed by atoms with Crippen molar-refractivity contribution in [2.45, 2.75) is 33.1 Å². The minimum atomic E-state index is -3.55. The van der Waals surface area contributed by atoms with Crippen LogP contribution in [0.1, 0.15) is 33.1 Å². The molecule has 2 atom stereocenters. The van der Waals surface area contributed by atoms with E-state index in [1.807, 2.05) is 12.1 Å². The lowest BCUT2D eigenvalue weighted by Gasteiger charge is -2.36. The van der Waals surface area contributed by atoms with Crippen molar-refractivity contribution in [1.29, 1.82) is 0 Å². The predicted molar refractivity (Wildman–Crippen MR) is 95.1 cm³/mol. The Bertz CT molecular complexity index is 711. The first kappa shape index (κ1) is 16.2. The summed E-state index contributed by atoms with van der Waals surface area (Å²) in [7, 11) is -3.55. The highest BCUT2D eigenvalue weighted by Crippen LogP contribution is 2.64. The van der Waals surface area contributed by atoms with Crippen molar-refractivity contribution in [3.63, 3.8) is 0 Å². The number of sulfonamides is 1. The summed E-state index contributed by atoms with van der Waals surface area (Å²) in [4.78, 5) is 12.5. The van der Waals surface area contributed by atoms with E-state index >= 15 is 0 Å². The highest BCUT2D eigenvalue weighted by molar-refractivity contribution is 14.1. The SMILES string of the molecule is CC1(C)[C@H]2CC[C@@]1(CS(=O)(=O)Nc1ccc(I)cc1)C(=O)C2. The number of carbonyl (C=O) groups is 1. The maximum atomic E-state index is 12.6. The Kier molecular flexibility index (Phi) is 3.83. The van der Waals surface area contributed by atoms with Crippen LogP contribution in [0.2, 0.25) is 0 Å². The maximum absolute atomic E-state index is 12.6. The van der Waals surface area contributed by atoms with E-state index in [-0.39, 0.29) is 17.0 Å². The Morgan fingerprint density at radius 2 is 1.91 bits per heavy atom. The second kappa shape index (κ2) is 5.19. The van der Waals surface area contributed by atoms with Crippen LogP contribution in [0.4, 0.5) is 5.69 Å². The zero-order valence-corrected chi connectivity index (χ0v) is 15.7. The maximum Gasteiger partial charge on any atom is 0.233 e. The molecule has 22 heavy (non-hydrogen) atoms. The summed E-state index contributed by atoms with van der Waals surface area (Å²) < 4.78 is 28.9. The van der Waals surface area contributed by atoms with Gasteiger partial charge in [0.1, 0.15) is 5.78 Å². The van der Waals surface area contributed by atoms with Crippen LogP contribution in [0.5, 0.6) is 0 Å². The molecule has 0 radical (unpaired) electrons. The number of anilines is 1. The Morgan fingerprint density at radius 1 is 1.27 bits per heavy atom. The van der Waals surface area contributed by atoms with E-state index < -0.39 is 15.4 Å². The van der Waals surface area contributed by atoms with E-state index in [0.717, 1.165) is 9.99 Å². The number of fused-ring (bicyclic) bond motifs is 2. The molecule has 1 N–H and O–H groups in total. The van der Waals surface area contributed by atoms with Crippen molar-refractivity contribution in [2.75, 3.05) is 10.5 Å². The fourth-order valence-electron chi connectivity index (χ4n) is 4.17. The minimum absolute atomic E-state index is 0.103. The molecule has 1 aromatic rings. The average molecular weight is 433 g/mol. The second-order valence-electron chi connectivity index (χ2n) is 7.03. The molecule has 0 unspecified atom stereocenters. The zero-order valence-electron chi connectivity index (χ0n) is 12.7. The van der Waals surface area contributed by atoms with Gasteiger partial charge in [0, 0.05) is 15.7 Å². The van der Waals surface area contributed by atoms with Gasteiger partial charge in [-0.05, 0) is 71.0 Å². The number of benzene rings is 1. The van der Waals surface area contributed by atoms with Crippen molar-refractivity contribution in [3.8, 4) is 0 Å². The lowest BCUT2D eigenvalue weighted by Crippen LogP contribution is -2.43. The van der Waals surface area contributed by atoms with Crippen molar-refractivity contribution in [1.82, 2.24) is 0 Å². The van der Waals surface area contributed by atoms with E-state index in [1.54, 1.807) is 12.1 Å². The van der Waals surface area contributed by atoms with Gasteiger partial charge in [-0.25, -0.2) is 8.42 Å². The molecule has 4 nitrogen and oxygen atoms in total. The number of hydrogen-bond donors (Lipinski definition) is 1.